The third-order valence-corrected chi connectivity index (χ3v) is 5.41. The van der Waals surface area contributed by atoms with E-state index in [1.807, 2.05) is 0 Å². The maximum Gasteiger partial charge on any atom is 0.0352 e. The normalized spacial score (nSPS) is 17.5. The standard InChI is InChI=1S/C23H32N2/c1-2-3-16-24-17-19-25(20-18-24)23(22-12-8-5-9-13-22)15-14-21-10-6-4-7-11-21/h4-13,23H,2-3,14-20H2,1H3. The van der Waals surface area contributed by atoms with Crippen LogP contribution >= 0.6 is 0 Å². The number of rotatable bonds is 8. The van der Waals surface area contributed by atoms with Crippen LogP contribution in [0.15, 0.2) is 60.7 Å². The Morgan fingerprint density at radius 1 is 0.840 bits per heavy atom. The van der Waals surface area contributed by atoms with E-state index in [9.17, 15) is 0 Å². The smallest absolute Gasteiger partial charge is 0.0352 e. The van der Waals surface area contributed by atoms with Gasteiger partial charge in [0.15, 0.2) is 0 Å². The molecule has 134 valence electrons. The second-order valence-electron chi connectivity index (χ2n) is 7.18. The van der Waals surface area contributed by atoms with Crippen molar-refractivity contribution in [3.8, 4) is 0 Å². The van der Waals surface area contributed by atoms with Gasteiger partial charge in [-0.05, 0) is 36.9 Å². The summed E-state index contributed by atoms with van der Waals surface area (Å²) in [5, 5.41) is 0. The number of unbranched alkanes of at least 4 members (excludes halogenated alkanes) is 1. The summed E-state index contributed by atoms with van der Waals surface area (Å²) in [5.74, 6) is 0. The van der Waals surface area contributed by atoms with E-state index in [1.165, 1.54) is 63.1 Å². The van der Waals surface area contributed by atoms with Gasteiger partial charge in [0.2, 0.25) is 0 Å². The number of hydrogen-bond donors (Lipinski definition) is 0. The Morgan fingerprint density at radius 2 is 1.48 bits per heavy atom. The third-order valence-electron chi connectivity index (χ3n) is 5.41. The minimum Gasteiger partial charge on any atom is -0.301 e. The Hall–Kier alpha value is -1.64. The molecule has 1 heterocycles. The van der Waals surface area contributed by atoms with E-state index in [4.69, 9.17) is 0 Å². The lowest BCUT2D eigenvalue weighted by atomic mass is 9.97. The summed E-state index contributed by atoms with van der Waals surface area (Å²) in [6.07, 6.45) is 4.97. The summed E-state index contributed by atoms with van der Waals surface area (Å²) in [7, 11) is 0. The molecule has 0 radical (unpaired) electrons. The molecule has 2 heteroatoms. The van der Waals surface area contributed by atoms with E-state index in [0.29, 0.717) is 6.04 Å². The highest BCUT2D eigenvalue weighted by Crippen LogP contribution is 2.27. The molecule has 1 aliphatic heterocycles. The maximum atomic E-state index is 2.71. The zero-order valence-corrected chi connectivity index (χ0v) is 15.6. The van der Waals surface area contributed by atoms with E-state index in [0.717, 1.165) is 6.42 Å². The van der Waals surface area contributed by atoms with E-state index >= 15 is 0 Å². The second-order valence-corrected chi connectivity index (χ2v) is 7.18. The Labute approximate surface area is 153 Å². The summed E-state index contributed by atoms with van der Waals surface area (Å²) >= 11 is 0. The largest absolute Gasteiger partial charge is 0.301 e. The van der Waals surface area contributed by atoms with Crippen molar-refractivity contribution in [1.82, 2.24) is 9.80 Å². The van der Waals surface area contributed by atoms with Crippen LogP contribution in [-0.2, 0) is 6.42 Å². The van der Waals surface area contributed by atoms with E-state index in [2.05, 4.69) is 77.4 Å². The zero-order chi connectivity index (χ0) is 17.3. The zero-order valence-electron chi connectivity index (χ0n) is 15.6. The fourth-order valence-electron chi connectivity index (χ4n) is 3.86. The van der Waals surface area contributed by atoms with E-state index in [1.54, 1.807) is 0 Å². The average molecular weight is 337 g/mol. The Morgan fingerprint density at radius 3 is 2.12 bits per heavy atom. The predicted octanol–water partition coefficient (Wildman–Crippen LogP) is 4.78. The van der Waals surface area contributed by atoms with Crippen molar-refractivity contribution in [1.29, 1.82) is 0 Å². The lowest BCUT2D eigenvalue weighted by Gasteiger charge is -2.39. The fraction of sp³-hybridized carbons (Fsp3) is 0.478. The Bertz CT molecular complexity index is 588. The molecule has 0 saturated carbocycles. The third kappa shape index (κ3) is 5.42. The van der Waals surface area contributed by atoms with Gasteiger partial charge >= 0.3 is 0 Å². The molecular weight excluding hydrogens is 304 g/mol. The summed E-state index contributed by atoms with van der Waals surface area (Å²) < 4.78 is 0. The molecule has 2 nitrogen and oxygen atoms in total. The van der Waals surface area contributed by atoms with Gasteiger partial charge in [0.25, 0.3) is 0 Å². The molecule has 0 aliphatic carbocycles. The molecule has 1 aliphatic rings. The van der Waals surface area contributed by atoms with Crippen LogP contribution in [0, 0.1) is 0 Å². The number of aryl methyl sites for hydroxylation is 1. The molecule has 0 N–H and O–H groups in total. The maximum absolute atomic E-state index is 2.71. The number of benzene rings is 2. The topological polar surface area (TPSA) is 6.48 Å². The number of nitrogens with zero attached hydrogens (tertiary/aromatic N) is 2. The van der Waals surface area contributed by atoms with Crippen LogP contribution in [-0.4, -0.2) is 42.5 Å². The molecule has 3 rings (SSSR count). The first-order valence-corrected chi connectivity index (χ1v) is 9.92. The predicted molar refractivity (Wildman–Crippen MR) is 107 cm³/mol. The SMILES string of the molecule is CCCCN1CCN(C(CCc2ccccc2)c2ccccc2)CC1. The Kier molecular flexibility index (Phi) is 7.08. The minimum absolute atomic E-state index is 0.537. The molecule has 0 bridgehead atoms. The quantitative estimate of drug-likeness (QED) is 0.684. The van der Waals surface area contributed by atoms with Crippen molar-refractivity contribution >= 4 is 0 Å². The monoisotopic (exact) mass is 336 g/mol. The van der Waals surface area contributed by atoms with Crippen LogP contribution in [0.25, 0.3) is 0 Å². The van der Waals surface area contributed by atoms with Gasteiger partial charge in [-0.15, -0.1) is 0 Å². The molecule has 0 aromatic heterocycles. The van der Waals surface area contributed by atoms with Crippen molar-refractivity contribution in [2.45, 2.75) is 38.6 Å². The molecule has 1 atom stereocenters. The van der Waals surface area contributed by atoms with Crippen LogP contribution in [0.2, 0.25) is 0 Å². The van der Waals surface area contributed by atoms with Crippen molar-refractivity contribution in [3.63, 3.8) is 0 Å². The molecule has 0 spiro atoms. The van der Waals surface area contributed by atoms with Crippen LogP contribution in [0.3, 0.4) is 0 Å². The average Bonchev–Trinajstić information content (AvgIpc) is 2.69. The highest BCUT2D eigenvalue weighted by molar-refractivity contribution is 5.21. The van der Waals surface area contributed by atoms with Gasteiger partial charge < -0.3 is 4.90 Å². The van der Waals surface area contributed by atoms with Crippen LogP contribution in [0.1, 0.15) is 43.4 Å². The summed E-state index contributed by atoms with van der Waals surface area (Å²) in [5.41, 5.74) is 2.92. The lowest BCUT2D eigenvalue weighted by Crippen LogP contribution is -2.47. The van der Waals surface area contributed by atoms with Gasteiger partial charge in [-0.2, -0.15) is 0 Å². The molecule has 1 saturated heterocycles. The highest BCUT2D eigenvalue weighted by Gasteiger charge is 2.24. The van der Waals surface area contributed by atoms with Crippen molar-refractivity contribution in [2.24, 2.45) is 0 Å². The van der Waals surface area contributed by atoms with Gasteiger partial charge in [0.05, 0.1) is 0 Å². The summed E-state index contributed by atoms with van der Waals surface area (Å²) in [4.78, 5) is 5.35. The second kappa shape index (κ2) is 9.74. The van der Waals surface area contributed by atoms with Crippen molar-refractivity contribution in [3.05, 3.63) is 71.8 Å². The lowest BCUT2D eigenvalue weighted by molar-refractivity contribution is 0.0911. The van der Waals surface area contributed by atoms with E-state index in [-0.39, 0.29) is 0 Å². The van der Waals surface area contributed by atoms with Gasteiger partial charge in [0.1, 0.15) is 0 Å². The molecule has 25 heavy (non-hydrogen) atoms. The van der Waals surface area contributed by atoms with Gasteiger partial charge in [-0.25, -0.2) is 0 Å². The van der Waals surface area contributed by atoms with E-state index < -0.39 is 0 Å². The van der Waals surface area contributed by atoms with Crippen molar-refractivity contribution in [2.75, 3.05) is 32.7 Å². The van der Waals surface area contributed by atoms with Crippen LogP contribution in [0.4, 0.5) is 0 Å². The first kappa shape index (κ1) is 18.2. The fourth-order valence-corrected chi connectivity index (χ4v) is 3.86. The van der Waals surface area contributed by atoms with Gasteiger partial charge in [-0.3, -0.25) is 4.90 Å². The highest BCUT2D eigenvalue weighted by atomic mass is 15.3. The molecular formula is C23H32N2. The molecule has 1 unspecified atom stereocenters. The minimum atomic E-state index is 0.537. The van der Waals surface area contributed by atoms with Gasteiger partial charge in [-0.1, -0.05) is 74.0 Å². The Balaban J connectivity index is 1.63. The summed E-state index contributed by atoms with van der Waals surface area (Å²) in [6.45, 7) is 8.37. The number of piperazine rings is 1. The molecule has 1 fully saturated rings. The molecule has 2 aromatic rings. The summed E-state index contributed by atoms with van der Waals surface area (Å²) in [6, 6.07) is 22.6. The van der Waals surface area contributed by atoms with Crippen molar-refractivity contribution < 1.29 is 0 Å². The molecule has 2 aromatic carbocycles. The van der Waals surface area contributed by atoms with Gasteiger partial charge in [0, 0.05) is 32.2 Å². The van der Waals surface area contributed by atoms with Crippen LogP contribution < -0.4 is 0 Å². The number of hydrogen-bond acceptors (Lipinski definition) is 2. The first-order chi connectivity index (χ1) is 12.4. The van der Waals surface area contributed by atoms with Crippen LogP contribution in [0.5, 0.6) is 0 Å². The molecule has 0 amide bonds. The first-order valence-electron chi connectivity index (χ1n) is 9.92.